The number of hydrogen-bond donors (Lipinski definition) is 2. The maximum absolute atomic E-state index is 5.52. The first-order valence-corrected chi connectivity index (χ1v) is 8.51. The summed E-state index contributed by atoms with van der Waals surface area (Å²) in [6.07, 6.45) is 0. The summed E-state index contributed by atoms with van der Waals surface area (Å²) in [5.41, 5.74) is 2.41. The van der Waals surface area contributed by atoms with E-state index < -0.39 is 0 Å². The fraction of sp³-hybridized carbons (Fsp3) is 0.353. The first kappa shape index (κ1) is 16.4. The van der Waals surface area contributed by atoms with Crippen LogP contribution in [0, 0.1) is 0 Å². The van der Waals surface area contributed by atoms with Crippen LogP contribution in [0.4, 0.5) is 0 Å². The molecule has 1 aromatic carbocycles. The summed E-state index contributed by atoms with van der Waals surface area (Å²) in [5, 5.41) is 10.8. The van der Waals surface area contributed by atoms with Crippen LogP contribution in [0.2, 0.25) is 0 Å². The fourth-order valence-electron chi connectivity index (χ4n) is 1.99. The number of benzene rings is 1. The summed E-state index contributed by atoms with van der Waals surface area (Å²) in [6, 6.07) is 10.2. The Balaban J connectivity index is 1.93. The molecule has 4 nitrogen and oxygen atoms in total. The quantitative estimate of drug-likeness (QED) is 0.608. The highest BCUT2D eigenvalue weighted by molar-refractivity contribution is 7.07. The molecule has 0 bridgehead atoms. The number of guanidine groups is 1. The first-order chi connectivity index (χ1) is 10.8. The lowest BCUT2D eigenvalue weighted by Crippen LogP contribution is -2.36. The topological polar surface area (TPSA) is 45.7 Å². The van der Waals surface area contributed by atoms with Crippen LogP contribution in [0.5, 0.6) is 5.75 Å². The number of thiophene rings is 1. The average Bonchev–Trinajstić information content (AvgIpc) is 3.04. The molecule has 2 rings (SSSR count). The van der Waals surface area contributed by atoms with E-state index in [0.29, 0.717) is 13.2 Å². The van der Waals surface area contributed by atoms with Gasteiger partial charge in [-0.3, -0.25) is 0 Å². The molecule has 0 saturated carbocycles. The summed E-state index contributed by atoms with van der Waals surface area (Å²) in [6.45, 7) is 6.99. The van der Waals surface area contributed by atoms with Crippen LogP contribution in [0.3, 0.4) is 0 Å². The van der Waals surface area contributed by atoms with Crippen LogP contribution in [0.25, 0.3) is 0 Å². The maximum atomic E-state index is 5.52. The molecule has 0 radical (unpaired) electrons. The zero-order valence-electron chi connectivity index (χ0n) is 13.1. The Morgan fingerprint density at radius 1 is 1.18 bits per heavy atom. The Kier molecular flexibility index (Phi) is 6.77. The molecule has 0 aliphatic rings. The third-order valence-corrected chi connectivity index (χ3v) is 3.75. The first-order valence-electron chi connectivity index (χ1n) is 7.56. The van der Waals surface area contributed by atoms with Crippen molar-refractivity contribution in [2.45, 2.75) is 26.9 Å². The summed E-state index contributed by atoms with van der Waals surface area (Å²) < 4.78 is 5.52. The van der Waals surface area contributed by atoms with Crippen LogP contribution in [-0.4, -0.2) is 19.1 Å². The van der Waals surface area contributed by atoms with E-state index in [0.717, 1.165) is 24.8 Å². The number of rotatable bonds is 7. The smallest absolute Gasteiger partial charge is 0.191 e. The van der Waals surface area contributed by atoms with Crippen molar-refractivity contribution in [3.8, 4) is 5.75 Å². The van der Waals surface area contributed by atoms with Gasteiger partial charge in [0.2, 0.25) is 0 Å². The van der Waals surface area contributed by atoms with E-state index in [1.165, 1.54) is 11.1 Å². The molecule has 2 aromatic rings. The van der Waals surface area contributed by atoms with Gasteiger partial charge in [0.25, 0.3) is 0 Å². The lowest BCUT2D eigenvalue weighted by molar-refractivity contribution is 0.340. The van der Waals surface area contributed by atoms with E-state index in [1.54, 1.807) is 11.3 Å². The molecular formula is C17H23N3OS. The van der Waals surface area contributed by atoms with Gasteiger partial charge in [-0.1, -0.05) is 12.1 Å². The van der Waals surface area contributed by atoms with Gasteiger partial charge >= 0.3 is 0 Å². The Hall–Kier alpha value is -2.01. The van der Waals surface area contributed by atoms with E-state index in [4.69, 9.17) is 4.74 Å². The van der Waals surface area contributed by atoms with Crippen LogP contribution in [0.1, 0.15) is 25.0 Å². The van der Waals surface area contributed by atoms with E-state index in [9.17, 15) is 0 Å². The number of nitrogens with zero attached hydrogens (tertiary/aromatic N) is 1. The second-order valence-electron chi connectivity index (χ2n) is 4.76. The van der Waals surface area contributed by atoms with Gasteiger partial charge in [0, 0.05) is 13.1 Å². The molecule has 2 N–H and O–H groups in total. The summed E-state index contributed by atoms with van der Waals surface area (Å²) >= 11 is 1.70. The van der Waals surface area contributed by atoms with Gasteiger partial charge in [-0.05, 0) is 53.9 Å². The number of aliphatic imine (C=N–C) groups is 1. The highest BCUT2D eigenvalue weighted by Crippen LogP contribution is 2.13. The highest BCUT2D eigenvalue weighted by Gasteiger charge is 2.00. The van der Waals surface area contributed by atoms with E-state index >= 15 is 0 Å². The summed E-state index contributed by atoms with van der Waals surface area (Å²) in [4.78, 5) is 4.60. The van der Waals surface area contributed by atoms with Gasteiger partial charge in [0.15, 0.2) is 5.96 Å². The maximum Gasteiger partial charge on any atom is 0.191 e. The molecule has 0 spiro atoms. The molecule has 0 aliphatic carbocycles. The minimum absolute atomic E-state index is 0.682. The van der Waals surface area contributed by atoms with Gasteiger partial charge in [0.1, 0.15) is 5.75 Å². The fourth-order valence-corrected chi connectivity index (χ4v) is 2.65. The second-order valence-corrected chi connectivity index (χ2v) is 5.54. The predicted molar refractivity (Wildman–Crippen MR) is 93.6 cm³/mol. The zero-order chi connectivity index (χ0) is 15.6. The second kappa shape index (κ2) is 9.10. The standard InChI is InChI=1S/C17H23N3OS/c1-3-18-17(20-12-15-8-9-22-13-15)19-11-14-6-5-7-16(10-14)21-4-2/h5-10,13H,3-4,11-12H2,1-2H3,(H2,18,19,20). The van der Waals surface area contributed by atoms with Crippen molar-refractivity contribution in [2.75, 3.05) is 13.2 Å². The van der Waals surface area contributed by atoms with Crippen molar-refractivity contribution in [3.63, 3.8) is 0 Å². The molecule has 0 unspecified atom stereocenters. The van der Waals surface area contributed by atoms with Gasteiger partial charge < -0.3 is 15.4 Å². The molecule has 0 atom stereocenters. The van der Waals surface area contributed by atoms with E-state index in [2.05, 4.69) is 51.5 Å². The van der Waals surface area contributed by atoms with Crippen molar-refractivity contribution < 1.29 is 4.74 Å². The monoisotopic (exact) mass is 317 g/mol. The van der Waals surface area contributed by atoms with Crippen molar-refractivity contribution in [2.24, 2.45) is 4.99 Å². The predicted octanol–water partition coefficient (Wildman–Crippen LogP) is 3.40. The molecule has 0 amide bonds. The lowest BCUT2D eigenvalue weighted by atomic mass is 10.2. The summed E-state index contributed by atoms with van der Waals surface area (Å²) in [5.74, 6) is 1.73. The molecule has 5 heteroatoms. The van der Waals surface area contributed by atoms with Gasteiger partial charge in [-0.25, -0.2) is 4.99 Å². The lowest BCUT2D eigenvalue weighted by Gasteiger charge is -2.12. The number of nitrogens with one attached hydrogen (secondary N) is 2. The van der Waals surface area contributed by atoms with Crippen molar-refractivity contribution >= 4 is 17.3 Å². The third kappa shape index (κ3) is 5.41. The van der Waals surface area contributed by atoms with Crippen LogP contribution in [0.15, 0.2) is 46.1 Å². The molecular weight excluding hydrogens is 294 g/mol. The van der Waals surface area contributed by atoms with Gasteiger partial charge in [0.05, 0.1) is 13.2 Å². The van der Waals surface area contributed by atoms with Crippen molar-refractivity contribution in [1.82, 2.24) is 10.6 Å². The number of ether oxygens (including phenoxy) is 1. The van der Waals surface area contributed by atoms with E-state index in [-0.39, 0.29) is 0 Å². The summed E-state index contributed by atoms with van der Waals surface area (Å²) in [7, 11) is 0. The SMILES string of the molecule is CCNC(=NCc1ccsc1)NCc1cccc(OCC)c1. The van der Waals surface area contributed by atoms with Crippen LogP contribution < -0.4 is 15.4 Å². The third-order valence-electron chi connectivity index (χ3n) is 3.01. The van der Waals surface area contributed by atoms with Gasteiger partial charge in [-0.2, -0.15) is 11.3 Å². The Morgan fingerprint density at radius 3 is 2.82 bits per heavy atom. The molecule has 1 heterocycles. The Labute approximate surface area is 136 Å². The molecule has 118 valence electrons. The highest BCUT2D eigenvalue weighted by atomic mass is 32.1. The average molecular weight is 317 g/mol. The minimum Gasteiger partial charge on any atom is -0.494 e. The van der Waals surface area contributed by atoms with Gasteiger partial charge in [-0.15, -0.1) is 0 Å². The molecule has 22 heavy (non-hydrogen) atoms. The molecule has 0 saturated heterocycles. The Morgan fingerprint density at radius 2 is 2.09 bits per heavy atom. The van der Waals surface area contributed by atoms with Crippen molar-refractivity contribution in [1.29, 1.82) is 0 Å². The minimum atomic E-state index is 0.682. The largest absolute Gasteiger partial charge is 0.494 e. The zero-order valence-corrected chi connectivity index (χ0v) is 14.0. The Bertz CT molecular complexity index is 581. The molecule has 0 fully saturated rings. The normalized spacial score (nSPS) is 11.3. The van der Waals surface area contributed by atoms with E-state index in [1.807, 2.05) is 19.1 Å². The van der Waals surface area contributed by atoms with Crippen LogP contribution >= 0.6 is 11.3 Å². The van der Waals surface area contributed by atoms with Crippen molar-refractivity contribution in [3.05, 3.63) is 52.2 Å². The number of hydrogen-bond acceptors (Lipinski definition) is 3. The molecule has 0 aliphatic heterocycles. The molecule has 1 aromatic heterocycles. The van der Waals surface area contributed by atoms with Crippen LogP contribution in [-0.2, 0) is 13.1 Å².